The summed E-state index contributed by atoms with van der Waals surface area (Å²) < 4.78 is 7.01. The Morgan fingerprint density at radius 1 is 1.43 bits per heavy atom. The zero-order valence-corrected chi connectivity index (χ0v) is 12.1. The van der Waals surface area contributed by atoms with E-state index in [2.05, 4.69) is 15.3 Å². The van der Waals surface area contributed by atoms with Gasteiger partial charge in [0.25, 0.3) is 5.91 Å². The predicted octanol–water partition coefficient (Wildman–Crippen LogP) is 1.70. The molecule has 0 aliphatic heterocycles. The Morgan fingerprint density at radius 3 is 2.86 bits per heavy atom. The molecule has 2 aromatic heterocycles. The van der Waals surface area contributed by atoms with Crippen molar-refractivity contribution in [1.82, 2.24) is 19.9 Å². The van der Waals surface area contributed by atoms with E-state index in [0.29, 0.717) is 17.4 Å². The molecule has 21 heavy (non-hydrogen) atoms. The number of hydrogen-bond acceptors (Lipinski definition) is 4. The second-order valence-corrected chi connectivity index (χ2v) is 5.27. The number of imidazole rings is 1. The fourth-order valence-electron chi connectivity index (χ4n) is 2.39. The lowest BCUT2D eigenvalue weighted by atomic mass is 10.1. The summed E-state index contributed by atoms with van der Waals surface area (Å²) >= 11 is 0. The van der Waals surface area contributed by atoms with Crippen LogP contribution in [0.5, 0.6) is 5.88 Å². The topological polar surface area (TPSA) is 69.0 Å². The molecule has 3 rings (SSSR count). The minimum absolute atomic E-state index is 0.0448. The smallest absolute Gasteiger partial charge is 0.252 e. The zero-order valence-electron chi connectivity index (χ0n) is 12.1. The first-order chi connectivity index (χ1) is 10.2. The number of carbonyl (C=O) groups is 1. The van der Waals surface area contributed by atoms with Crippen LogP contribution in [0, 0.1) is 5.92 Å². The van der Waals surface area contributed by atoms with Crippen molar-refractivity contribution < 1.29 is 9.53 Å². The van der Waals surface area contributed by atoms with Gasteiger partial charge in [-0.05, 0) is 24.8 Å². The van der Waals surface area contributed by atoms with Crippen molar-refractivity contribution in [2.45, 2.75) is 18.9 Å². The van der Waals surface area contributed by atoms with E-state index >= 15 is 0 Å². The van der Waals surface area contributed by atoms with Crippen LogP contribution in [-0.4, -0.2) is 27.6 Å². The molecular formula is C15H18N4O2. The van der Waals surface area contributed by atoms with Crippen molar-refractivity contribution in [2.75, 3.05) is 7.11 Å². The van der Waals surface area contributed by atoms with Gasteiger partial charge in [0.1, 0.15) is 5.82 Å². The first-order valence-corrected chi connectivity index (χ1v) is 6.97. The highest BCUT2D eigenvalue weighted by Crippen LogP contribution is 2.40. The van der Waals surface area contributed by atoms with Crippen LogP contribution in [0.15, 0.2) is 30.7 Å². The third kappa shape index (κ3) is 2.89. The van der Waals surface area contributed by atoms with E-state index < -0.39 is 0 Å². The summed E-state index contributed by atoms with van der Waals surface area (Å²) in [5, 5.41) is 3.08. The van der Waals surface area contributed by atoms with E-state index in [9.17, 15) is 4.79 Å². The van der Waals surface area contributed by atoms with Crippen LogP contribution < -0.4 is 10.1 Å². The summed E-state index contributed by atoms with van der Waals surface area (Å²) in [7, 11) is 3.48. The van der Waals surface area contributed by atoms with Crippen LogP contribution in [0.3, 0.4) is 0 Å². The fourth-order valence-corrected chi connectivity index (χ4v) is 2.39. The van der Waals surface area contributed by atoms with E-state index in [1.54, 1.807) is 24.5 Å². The number of nitrogens with zero attached hydrogens (tertiary/aromatic N) is 3. The quantitative estimate of drug-likeness (QED) is 0.908. The Balaban J connectivity index is 1.79. The minimum atomic E-state index is -0.129. The largest absolute Gasteiger partial charge is 0.481 e. The lowest BCUT2D eigenvalue weighted by Crippen LogP contribution is -2.31. The van der Waals surface area contributed by atoms with E-state index in [0.717, 1.165) is 18.7 Å². The average molecular weight is 286 g/mol. The van der Waals surface area contributed by atoms with Crippen molar-refractivity contribution >= 4 is 5.91 Å². The normalized spacial score (nSPS) is 15.5. The summed E-state index contributed by atoms with van der Waals surface area (Å²) in [6.45, 7) is 0. The van der Waals surface area contributed by atoms with Crippen molar-refractivity contribution in [3.05, 3.63) is 42.1 Å². The monoisotopic (exact) mass is 286 g/mol. The van der Waals surface area contributed by atoms with Crippen molar-refractivity contribution in [2.24, 2.45) is 13.0 Å². The molecule has 1 atom stereocenters. The lowest BCUT2D eigenvalue weighted by molar-refractivity contribution is 0.0928. The number of hydrogen-bond donors (Lipinski definition) is 1. The van der Waals surface area contributed by atoms with E-state index in [1.165, 1.54) is 7.11 Å². The van der Waals surface area contributed by atoms with Gasteiger partial charge in [0.15, 0.2) is 0 Å². The molecule has 1 N–H and O–H groups in total. The second kappa shape index (κ2) is 5.55. The van der Waals surface area contributed by atoms with Crippen molar-refractivity contribution in [3.8, 4) is 5.88 Å². The van der Waals surface area contributed by atoms with Crippen LogP contribution in [0.4, 0.5) is 0 Å². The van der Waals surface area contributed by atoms with Gasteiger partial charge in [0, 0.05) is 37.3 Å². The van der Waals surface area contributed by atoms with Gasteiger partial charge in [-0.3, -0.25) is 4.79 Å². The van der Waals surface area contributed by atoms with E-state index in [1.807, 2.05) is 17.8 Å². The molecule has 1 amide bonds. The number of methoxy groups -OCH3 is 1. The number of aryl methyl sites for hydroxylation is 1. The maximum Gasteiger partial charge on any atom is 0.252 e. The Bertz CT molecular complexity index is 649. The predicted molar refractivity (Wildman–Crippen MR) is 76.9 cm³/mol. The summed E-state index contributed by atoms with van der Waals surface area (Å²) in [5.74, 6) is 1.67. The summed E-state index contributed by atoms with van der Waals surface area (Å²) in [6, 6.07) is 3.27. The highest BCUT2D eigenvalue weighted by Gasteiger charge is 2.35. The van der Waals surface area contributed by atoms with Gasteiger partial charge in [-0.25, -0.2) is 9.97 Å². The molecule has 1 unspecified atom stereocenters. The molecule has 2 aromatic rings. The van der Waals surface area contributed by atoms with Crippen LogP contribution in [0.2, 0.25) is 0 Å². The first-order valence-electron chi connectivity index (χ1n) is 6.97. The lowest BCUT2D eigenvalue weighted by Gasteiger charge is -2.18. The molecule has 2 heterocycles. The maximum absolute atomic E-state index is 12.4. The van der Waals surface area contributed by atoms with Gasteiger partial charge in [0.2, 0.25) is 5.88 Å². The molecule has 0 radical (unpaired) electrons. The van der Waals surface area contributed by atoms with Crippen LogP contribution >= 0.6 is 0 Å². The number of rotatable bonds is 5. The van der Waals surface area contributed by atoms with Gasteiger partial charge in [0.05, 0.1) is 13.2 Å². The van der Waals surface area contributed by atoms with Crippen LogP contribution in [0.25, 0.3) is 0 Å². The van der Waals surface area contributed by atoms with Gasteiger partial charge in [-0.15, -0.1) is 0 Å². The molecule has 1 aliphatic rings. The molecule has 6 nitrogen and oxygen atoms in total. The second-order valence-electron chi connectivity index (χ2n) is 5.27. The summed E-state index contributed by atoms with van der Waals surface area (Å²) in [5.41, 5.74) is 0.543. The van der Waals surface area contributed by atoms with Crippen LogP contribution in [0.1, 0.15) is 35.1 Å². The molecule has 1 aliphatic carbocycles. The molecule has 0 spiro atoms. The highest BCUT2D eigenvalue weighted by molar-refractivity contribution is 5.94. The first kappa shape index (κ1) is 13.6. The molecular weight excluding hydrogens is 268 g/mol. The van der Waals surface area contributed by atoms with Crippen LogP contribution in [-0.2, 0) is 7.05 Å². The van der Waals surface area contributed by atoms with Gasteiger partial charge >= 0.3 is 0 Å². The Labute approximate surface area is 123 Å². The van der Waals surface area contributed by atoms with Gasteiger partial charge in [-0.2, -0.15) is 0 Å². The Hall–Kier alpha value is -2.37. The molecule has 0 aromatic carbocycles. The third-order valence-corrected chi connectivity index (χ3v) is 3.72. The fraction of sp³-hybridized carbons (Fsp3) is 0.400. The number of amides is 1. The minimum Gasteiger partial charge on any atom is -0.481 e. The molecule has 110 valence electrons. The van der Waals surface area contributed by atoms with Gasteiger partial charge < -0.3 is 14.6 Å². The zero-order chi connectivity index (χ0) is 14.8. The molecule has 0 bridgehead atoms. The summed E-state index contributed by atoms with van der Waals surface area (Å²) in [6.07, 6.45) is 7.47. The molecule has 1 fully saturated rings. The van der Waals surface area contributed by atoms with Gasteiger partial charge in [-0.1, -0.05) is 0 Å². The SMILES string of the molecule is COc1cc(C(=O)NC(c2nccn2C)C2CC2)ccn1. The van der Waals surface area contributed by atoms with Crippen molar-refractivity contribution in [3.63, 3.8) is 0 Å². The van der Waals surface area contributed by atoms with E-state index in [4.69, 9.17) is 4.74 Å². The summed E-state index contributed by atoms with van der Waals surface area (Å²) in [4.78, 5) is 20.8. The number of carbonyl (C=O) groups excluding carboxylic acids is 1. The number of nitrogens with one attached hydrogen (secondary N) is 1. The maximum atomic E-state index is 12.4. The Morgan fingerprint density at radius 2 is 2.24 bits per heavy atom. The Kier molecular flexibility index (Phi) is 3.60. The number of aromatic nitrogens is 3. The third-order valence-electron chi connectivity index (χ3n) is 3.72. The average Bonchev–Trinajstić information content (AvgIpc) is 3.26. The standard InChI is InChI=1S/C15H18N4O2/c1-19-8-7-17-14(19)13(10-3-4-10)18-15(20)11-5-6-16-12(9-11)21-2/h5-10,13H,3-4H2,1-2H3,(H,18,20). The highest BCUT2D eigenvalue weighted by atomic mass is 16.5. The number of pyridine rings is 1. The molecule has 6 heteroatoms. The van der Waals surface area contributed by atoms with Crippen molar-refractivity contribution in [1.29, 1.82) is 0 Å². The molecule has 1 saturated carbocycles. The van der Waals surface area contributed by atoms with E-state index in [-0.39, 0.29) is 11.9 Å². The molecule has 0 saturated heterocycles. The number of ether oxygens (including phenoxy) is 1.